The van der Waals surface area contributed by atoms with Crippen molar-refractivity contribution in [3.63, 3.8) is 0 Å². The Balaban J connectivity index is 1.23. The van der Waals surface area contributed by atoms with Crippen molar-refractivity contribution in [1.82, 2.24) is 9.88 Å². The minimum absolute atomic E-state index is 0.719. The van der Waals surface area contributed by atoms with E-state index < -0.39 is 0 Å². The van der Waals surface area contributed by atoms with Crippen molar-refractivity contribution in [3.8, 4) is 6.07 Å². The van der Waals surface area contributed by atoms with E-state index in [4.69, 9.17) is 5.26 Å². The van der Waals surface area contributed by atoms with Gasteiger partial charge in [-0.3, -0.25) is 0 Å². The first-order valence-electron chi connectivity index (χ1n) is 10.6. The Bertz CT molecular complexity index is 935. The maximum atomic E-state index is 9.03. The van der Waals surface area contributed by atoms with Crippen LogP contribution in [0, 0.1) is 17.2 Å². The lowest BCUT2D eigenvalue weighted by atomic mass is 9.91. The molecule has 1 atom stereocenters. The number of rotatable bonds is 7. The van der Waals surface area contributed by atoms with E-state index in [0.717, 1.165) is 23.4 Å². The summed E-state index contributed by atoms with van der Waals surface area (Å²) >= 11 is 0. The lowest BCUT2D eigenvalue weighted by molar-refractivity contribution is 0.171. The van der Waals surface area contributed by atoms with E-state index in [-0.39, 0.29) is 0 Å². The molecule has 2 heterocycles. The van der Waals surface area contributed by atoms with E-state index in [0.29, 0.717) is 0 Å². The van der Waals surface area contributed by atoms with Gasteiger partial charge < -0.3 is 9.88 Å². The van der Waals surface area contributed by atoms with E-state index in [1.54, 1.807) is 0 Å². The first-order valence-corrected chi connectivity index (χ1v) is 10.6. The van der Waals surface area contributed by atoms with Crippen LogP contribution in [0.2, 0.25) is 0 Å². The molecule has 144 valence electrons. The number of likely N-dealkylation sites (tertiary alicyclic amines) is 1. The third-order valence-electron chi connectivity index (χ3n) is 6.04. The van der Waals surface area contributed by atoms with Crippen molar-refractivity contribution < 1.29 is 0 Å². The molecule has 0 bridgehead atoms. The number of aryl methyl sites for hydroxylation is 1. The monoisotopic (exact) mass is 371 g/mol. The van der Waals surface area contributed by atoms with Crippen LogP contribution < -0.4 is 0 Å². The minimum Gasteiger partial charge on any atom is -0.361 e. The van der Waals surface area contributed by atoms with Gasteiger partial charge in [0.2, 0.25) is 0 Å². The molecule has 1 aliphatic rings. The topological polar surface area (TPSA) is 42.8 Å². The van der Waals surface area contributed by atoms with E-state index in [1.165, 1.54) is 68.3 Å². The first-order chi connectivity index (χ1) is 13.8. The highest BCUT2D eigenvalue weighted by Crippen LogP contribution is 2.23. The van der Waals surface area contributed by atoms with Gasteiger partial charge in [-0.2, -0.15) is 5.26 Å². The number of fused-ring (bicyclic) bond motifs is 1. The number of unbranched alkanes of at least 4 members (excludes halogenated alkanes) is 1. The molecule has 0 amide bonds. The third-order valence-corrected chi connectivity index (χ3v) is 6.04. The molecule has 0 spiro atoms. The summed E-state index contributed by atoms with van der Waals surface area (Å²) in [5, 5.41) is 10.3. The second-order valence-electron chi connectivity index (χ2n) is 8.14. The largest absolute Gasteiger partial charge is 0.361 e. The Morgan fingerprint density at radius 1 is 1.11 bits per heavy atom. The molecule has 3 aromatic rings. The minimum atomic E-state index is 0.719. The van der Waals surface area contributed by atoms with Gasteiger partial charge in [-0.25, -0.2) is 0 Å². The second-order valence-corrected chi connectivity index (χ2v) is 8.14. The van der Waals surface area contributed by atoms with E-state index in [9.17, 15) is 0 Å². The summed E-state index contributed by atoms with van der Waals surface area (Å²) < 4.78 is 0. The molecular weight excluding hydrogens is 342 g/mol. The van der Waals surface area contributed by atoms with Gasteiger partial charge in [0.25, 0.3) is 0 Å². The van der Waals surface area contributed by atoms with Gasteiger partial charge in [-0.1, -0.05) is 36.4 Å². The van der Waals surface area contributed by atoms with Crippen LogP contribution in [0.25, 0.3) is 10.9 Å². The van der Waals surface area contributed by atoms with Gasteiger partial charge in [0.15, 0.2) is 0 Å². The zero-order valence-corrected chi connectivity index (χ0v) is 16.5. The van der Waals surface area contributed by atoms with E-state index in [1.807, 2.05) is 12.1 Å². The number of hydrogen-bond donors (Lipinski definition) is 1. The van der Waals surface area contributed by atoms with Crippen molar-refractivity contribution in [3.05, 3.63) is 71.4 Å². The van der Waals surface area contributed by atoms with Crippen molar-refractivity contribution in [2.24, 2.45) is 5.92 Å². The normalized spacial score (nSPS) is 17.6. The fraction of sp³-hybridized carbons (Fsp3) is 0.400. The number of nitrogens with one attached hydrogen (secondary N) is 1. The van der Waals surface area contributed by atoms with Crippen molar-refractivity contribution in [2.45, 2.75) is 38.5 Å². The molecule has 3 heteroatoms. The summed E-state index contributed by atoms with van der Waals surface area (Å²) in [7, 11) is 0. The van der Waals surface area contributed by atoms with Crippen molar-refractivity contribution in [2.75, 3.05) is 19.6 Å². The van der Waals surface area contributed by atoms with Crippen LogP contribution in [0.4, 0.5) is 0 Å². The number of benzene rings is 2. The molecule has 1 unspecified atom stereocenters. The number of hydrogen-bond acceptors (Lipinski definition) is 2. The molecule has 1 fully saturated rings. The van der Waals surface area contributed by atoms with Crippen LogP contribution in [0.1, 0.15) is 42.4 Å². The predicted molar refractivity (Wildman–Crippen MR) is 115 cm³/mol. The van der Waals surface area contributed by atoms with Gasteiger partial charge in [0.1, 0.15) is 0 Å². The summed E-state index contributed by atoms with van der Waals surface area (Å²) in [5.41, 5.74) is 4.65. The van der Waals surface area contributed by atoms with Crippen LogP contribution in [-0.2, 0) is 12.8 Å². The quantitative estimate of drug-likeness (QED) is 0.571. The molecule has 4 rings (SSSR count). The second kappa shape index (κ2) is 9.08. The number of aromatic nitrogens is 1. The highest BCUT2D eigenvalue weighted by molar-refractivity contribution is 5.84. The zero-order valence-electron chi connectivity index (χ0n) is 16.5. The average Bonchev–Trinajstić information content (AvgIpc) is 3.14. The van der Waals surface area contributed by atoms with Crippen LogP contribution >= 0.6 is 0 Å². The molecule has 3 nitrogen and oxygen atoms in total. The van der Waals surface area contributed by atoms with Crippen LogP contribution in [0.5, 0.6) is 0 Å². The Labute approximate surface area is 168 Å². The number of piperidine rings is 1. The molecule has 0 saturated carbocycles. The van der Waals surface area contributed by atoms with Crippen molar-refractivity contribution in [1.29, 1.82) is 5.26 Å². The van der Waals surface area contributed by atoms with Gasteiger partial charge in [0.05, 0.1) is 11.6 Å². The number of nitrogens with zero attached hydrogens (tertiary/aromatic N) is 2. The van der Waals surface area contributed by atoms with Gasteiger partial charge >= 0.3 is 0 Å². The Morgan fingerprint density at radius 3 is 2.86 bits per heavy atom. The molecule has 28 heavy (non-hydrogen) atoms. The van der Waals surface area contributed by atoms with E-state index in [2.05, 4.69) is 58.5 Å². The van der Waals surface area contributed by atoms with Crippen LogP contribution in [0.3, 0.4) is 0 Å². The van der Waals surface area contributed by atoms with Gasteiger partial charge in [0, 0.05) is 23.6 Å². The Hall–Kier alpha value is -2.57. The van der Waals surface area contributed by atoms with Gasteiger partial charge in [-0.15, -0.1) is 0 Å². The SMILES string of the molecule is N#Cc1ccc2c(CCCCN3CCCC(Cc4ccccc4)C3)c[nH]c2c1. The van der Waals surface area contributed by atoms with E-state index >= 15 is 0 Å². The standard InChI is InChI=1S/C25H29N3/c26-17-21-11-12-24-23(18-27-25(24)16-21)10-4-5-13-28-14-6-9-22(19-28)15-20-7-2-1-3-8-20/h1-3,7-8,11-12,16,18,22,27H,4-6,9-10,13-15,19H2. The molecule has 1 saturated heterocycles. The average molecular weight is 372 g/mol. The highest BCUT2D eigenvalue weighted by Gasteiger charge is 2.19. The molecular formula is C25H29N3. The first kappa shape index (κ1) is 18.8. The lowest BCUT2D eigenvalue weighted by Crippen LogP contribution is -2.36. The predicted octanol–water partition coefficient (Wildman–Crippen LogP) is 5.32. The summed E-state index contributed by atoms with van der Waals surface area (Å²) in [5.74, 6) is 0.805. The highest BCUT2D eigenvalue weighted by atomic mass is 15.1. The molecule has 0 radical (unpaired) electrons. The zero-order chi connectivity index (χ0) is 19.2. The maximum Gasteiger partial charge on any atom is 0.0992 e. The van der Waals surface area contributed by atoms with Crippen molar-refractivity contribution >= 4 is 10.9 Å². The van der Waals surface area contributed by atoms with Crippen LogP contribution in [-0.4, -0.2) is 29.5 Å². The number of nitriles is 1. The van der Waals surface area contributed by atoms with Crippen LogP contribution in [0.15, 0.2) is 54.7 Å². The fourth-order valence-corrected chi connectivity index (χ4v) is 4.58. The molecule has 1 aliphatic heterocycles. The number of aromatic amines is 1. The number of H-pyrrole nitrogens is 1. The molecule has 1 N–H and O–H groups in total. The summed E-state index contributed by atoms with van der Waals surface area (Å²) in [4.78, 5) is 5.99. The summed E-state index contributed by atoms with van der Waals surface area (Å²) in [6, 6.07) is 19.1. The third kappa shape index (κ3) is 4.64. The smallest absolute Gasteiger partial charge is 0.0992 e. The fourth-order valence-electron chi connectivity index (χ4n) is 4.58. The molecule has 1 aromatic heterocycles. The Morgan fingerprint density at radius 2 is 2.00 bits per heavy atom. The van der Waals surface area contributed by atoms with Gasteiger partial charge in [-0.05, 0) is 80.8 Å². The molecule has 2 aromatic carbocycles. The maximum absolute atomic E-state index is 9.03. The Kier molecular flexibility index (Phi) is 6.09. The summed E-state index contributed by atoms with van der Waals surface area (Å²) in [6.45, 7) is 3.72. The lowest BCUT2D eigenvalue weighted by Gasteiger charge is -2.32. The molecule has 0 aliphatic carbocycles. The summed E-state index contributed by atoms with van der Waals surface area (Å²) in [6.07, 6.45) is 9.60.